The molecular formula is C15H17N3O6. The maximum Gasteiger partial charge on any atom is 0.353 e. The van der Waals surface area contributed by atoms with E-state index in [2.05, 4.69) is 9.97 Å². The Morgan fingerprint density at radius 2 is 2.08 bits per heavy atom. The Balaban J connectivity index is 1.80. The zero-order valence-corrected chi connectivity index (χ0v) is 12.8. The minimum atomic E-state index is -1.35. The molecule has 9 nitrogen and oxygen atoms in total. The smallest absolute Gasteiger partial charge is 0.353 e. The largest absolute Gasteiger partial charge is 0.437 e. The Morgan fingerprint density at radius 3 is 2.67 bits per heavy atom. The van der Waals surface area contributed by atoms with Crippen LogP contribution in [-0.2, 0) is 4.74 Å². The Hall–Kier alpha value is -2.33. The van der Waals surface area contributed by atoms with Gasteiger partial charge in [-0.2, -0.15) is 4.98 Å². The summed E-state index contributed by atoms with van der Waals surface area (Å²) in [5, 5.41) is 28.8. The van der Waals surface area contributed by atoms with Gasteiger partial charge >= 0.3 is 5.69 Å². The van der Waals surface area contributed by atoms with Gasteiger partial charge in [0.25, 0.3) is 0 Å². The van der Waals surface area contributed by atoms with Gasteiger partial charge in [0.1, 0.15) is 24.1 Å². The topological polar surface area (TPSA) is 127 Å². The second-order valence-electron chi connectivity index (χ2n) is 5.42. The number of aliphatic hydroxyl groups excluding tert-OH is 3. The molecule has 1 fully saturated rings. The van der Waals surface area contributed by atoms with Crippen molar-refractivity contribution in [2.75, 3.05) is 6.61 Å². The molecule has 2 aromatic rings. The highest BCUT2D eigenvalue weighted by Gasteiger charge is 2.43. The van der Waals surface area contributed by atoms with Crippen molar-refractivity contribution in [3.63, 3.8) is 0 Å². The van der Waals surface area contributed by atoms with Gasteiger partial charge in [-0.15, -0.1) is 0 Å². The van der Waals surface area contributed by atoms with E-state index < -0.39 is 36.8 Å². The number of aliphatic hydroxyl groups is 3. The summed E-state index contributed by atoms with van der Waals surface area (Å²) in [7, 11) is 0. The lowest BCUT2D eigenvalue weighted by molar-refractivity contribution is -0.0550. The molecule has 128 valence electrons. The van der Waals surface area contributed by atoms with E-state index in [1.165, 1.54) is 18.5 Å². The highest BCUT2D eigenvalue weighted by atomic mass is 16.6. The van der Waals surface area contributed by atoms with Crippen LogP contribution in [0.2, 0.25) is 0 Å². The van der Waals surface area contributed by atoms with Gasteiger partial charge in [0.2, 0.25) is 5.88 Å². The molecule has 1 saturated heterocycles. The Labute approximate surface area is 136 Å². The van der Waals surface area contributed by atoms with Crippen LogP contribution in [0.5, 0.6) is 11.6 Å². The van der Waals surface area contributed by atoms with Crippen LogP contribution >= 0.6 is 0 Å². The van der Waals surface area contributed by atoms with Gasteiger partial charge in [-0.25, -0.2) is 4.79 Å². The maximum absolute atomic E-state index is 12.1. The average Bonchev–Trinajstić information content (AvgIpc) is 2.85. The van der Waals surface area contributed by atoms with Crippen molar-refractivity contribution in [1.29, 1.82) is 0 Å². The molecule has 0 saturated carbocycles. The van der Waals surface area contributed by atoms with Crippen molar-refractivity contribution in [1.82, 2.24) is 14.5 Å². The summed E-state index contributed by atoms with van der Waals surface area (Å²) in [6.07, 6.45) is -1.89. The van der Waals surface area contributed by atoms with Crippen LogP contribution in [0.4, 0.5) is 0 Å². The van der Waals surface area contributed by atoms with E-state index in [4.69, 9.17) is 14.6 Å². The highest BCUT2D eigenvalue weighted by Crippen LogP contribution is 2.28. The molecule has 9 heteroatoms. The molecule has 3 heterocycles. The van der Waals surface area contributed by atoms with Crippen molar-refractivity contribution in [3.05, 3.63) is 46.8 Å². The molecule has 0 spiro atoms. The van der Waals surface area contributed by atoms with Gasteiger partial charge in [-0.05, 0) is 19.1 Å². The molecule has 0 aliphatic carbocycles. The molecule has 0 radical (unpaired) electrons. The highest BCUT2D eigenvalue weighted by molar-refractivity contribution is 5.24. The molecular weight excluding hydrogens is 318 g/mol. The molecule has 0 bridgehead atoms. The molecule has 0 aromatic carbocycles. The van der Waals surface area contributed by atoms with E-state index >= 15 is 0 Å². The fraction of sp³-hybridized carbons (Fsp3) is 0.400. The number of ether oxygens (including phenoxy) is 2. The fourth-order valence-electron chi connectivity index (χ4n) is 2.39. The van der Waals surface area contributed by atoms with E-state index in [-0.39, 0.29) is 5.88 Å². The summed E-state index contributed by atoms with van der Waals surface area (Å²) in [6.45, 7) is 1.36. The summed E-state index contributed by atoms with van der Waals surface area (Å²) in [5.74, 6) is 0.492. The van der Waals surface area contributed by atoms with E-state index in [0.717, 1.165) is 10.3 Å². The van der Waals surface area contributed by atoms with Gasteiger partial charge in [-0.3, -0.25) is 9.55 Å². The van der Waals surface area contributed by atoms with E-state index in [0.29, 0.717) is 5.75 Å². The van der Waals surface area contributed by atoms with E-state index in [1.54, 1.807) is 12.1 Å². The third-order valence-corrected chi connectivity index (χ3v) is 3.70. The molecule has 1 aliphatic heterocycles. The number of aromatic nitrogens is 3. The lowest BCUT2D eigenvalue weighted by Crippen LogP contribution is -2.35. The molecule has 3 N–H and O–H groups in total. The van der Waals surface area contributed by atoms with Crippen molar-refractivity contribution < 1.29 is 24.8 Å². The Morgan fingerprint density at radius 1 is 1.29 bits per heavy atom. The monoisotopic (exact) mass is 335 g/mol. The first-order valence-corrected chi connectivity index (χ1v) is 7.32. The summed E-state index contributed by atoms with van der Waals surface area (Å²) >= 11 is 0. The lowest BCUT2D eigenvalue weighted by atomic mass is 10.1. The standard InChI is InChI=1S/C15H17N3O6/c1-8-2-3-9(6-16-8)23-11-4-5-18(15(22)17-11)14-13(21)12(20)10(7-19)24-14/h2-6,10,12-14,19-21H,7H2,1H3/t10-,12-,13-,14-/m1/s1. The van der Waals surface area contributed by atoms with Gasteiger partial charge in [0, 0.05) is 18.0 Å². The maximum atomic E-state index is 12.1. The zero-order valence-electron chi connectivity index (χ0n) is 12.8. The van der Waals surface area contributed by atoms with Gasteiger partial charge in [-0.1, -0.05) is 0 Å². The first-order chi connectivity index (χ1) is 11.5. The van der Waals surface area contributed by atoms with Crippen LogP contribution in [0.15, 0.2) is 35.4 Å². The second kappa shape index (κ2) is 6.65. The van der Waals surface area contributed by atoms with Crippen LogP contribution in [0.3, 0.4) is 0 Å². The Bertz CT molecular complexity index is 763. The second-order valence-corrected chi connectivity index (χ2v) is 5.42. The Kier molecular flexibility index (Phi) is 4.58. The van der Waals surface area contributed by atoms with Crippen molar-refractivity contribution >= 4 is 0 Å². The number of hydrogen-bond donors (Lipinski definition) is 3. The van der Waals surface area contributed by atoms with Crippen LogP contribution in [-0.4, -0.2) is 54.8 Å². The number of rotatable bonds is 4. The number of pyridine rings is 1. The summed E-state index contributed by atoms with van der Waals surface area (Å²) in [4.78, 5) is 20.0. The van der Waals surface area contributed by atoms with E-state index in [1.807, 2.05) is 6.92 Å². The third kappa shape index (κ3) is 3.15. The minimum absolute atomic E-state index is 0.0636. The van der Waals surface area contributed by atoms with Crippen molar-refractivity contribution in [2.24, 2.45) is 0 Å². The summed E-state index contributed by atoms with van der Waals surface area (Å²) in [5.41, 5.74) is 0.109. The molecule has 2 aromatic heterocycles. The van der Waals surface area contributed by atoms with Crippen LogP contribution in [0, 0.1) is 6.92 Å². The summed E-state index contributed by atoms with van der Waals surface area (Å²) < 4.78 is 11.8. The van der Waals surface area contributed by atoms with E-state index in [9.17, 15) is 15.0 Å². The molecule has 0 unspecified atom stereocenters. The SMILES string of the molecule is Cc1ccc(Oc2ccn([C@@H]3O[C@H](CO)[C@@H](O)[C@H]3O)c(=O)n2)cn1. The molecule has 3 rings (SSSR count). The molecule has 4 atom stereocenters. The molecule has 1 aliphatic rings. The number of aryl methyl sites for hydroxylation is 1. The van der Waals surface area contributed by atoms with Crippen molar-refractivity contribution in [2.45, 2.75) is 31.5 Å². The first kappa shape index (κ1) is 16.5. The van der Waals surface area contributed by atoms with Crippen LogP contribution in [0.1, 0.15) is 11.9 Å². The average molecular weight is 335 g/mol. The zero-order chi connectivity index (χ0) is 17.3. The third-order valence-electron chi connectivity index (χ3n) is 3.70. The van der Waals surface area contributed by atoms with Gasteiger partial charge < -0.3 is 24.8 Å². The van der Waals surface area contributed by atoms with Crippen LogP contribution in [0.25, 0.3) is 0 Å². The van der Waals surface area contributed by atoms with Crippen LogP contribution < -0.4 is 10.4 Å². The lowest BCUT2D eigenvalue weighted by Gasteiger charge is -2.17. The first-order valence-electron chi connectivity index (χ1n) is 7.32. The minimum Gasteiger partial charge on any atom is -0.437 e. The predicted octanol–water partition coefficient (Wildman–Crippen LogP) is -0.649. The quantitative estimate of drug-likeness (QED) is 0.673. The fourth-order valence-corrected chi connectivity index (χ4v) is 2.39. The normalized spacial score (nSPS) is 26.5. The number of hydrogen-bond acceptors (Lipinski definition) is 8. The molecule has 24 heavy (non-hydrogen) atoms. The summed E-state index contributed by atoms with van der Waals surface area (Å²) in [6, 6.07) is 4.88. The van der Waals surface area contributed by atoms with Crippen molar-refractivity contribution in [3.8, 4) is 11.6 Å². The van der Waals surface area contributed by atoms with Gasteiger partial charge in [0.05, 0.1) is 12.8 Å². The number of nitrogens with zero attached hydrogens (tertiary/aromatic N) is 3. The van der Waals surface area contributed by atoms with Gasteiger partial charge in [0.15, 0.2) is 6.23 Å². The predicted molar refractivity (Wildman–Crippen MR) is 80.6 cm³/mol. The molecule has 0 amide bonds.